The Labute approximate surface area is 122 Å². The van der Waals surface area contributed by atoms with Gasteiger partial charge in [0.05, 0.1) is 18.5 Å². The van der Waals surface area contributed by atoms with E-state index < -0.39 is 30.2 Å². The predicted octanol–water partition coefficient (Wildman–Crippen LogP) is 3.53. The normalized spacial score (nSPS) is 12.5. The summed E-state index contributed by atoms with van der Waals surface area (Å²) < 4.78 is 73.1. The molecule has 1 aromatic carbocycles. The van der Waals surface area contributed by atoms with E-state index in [0.29, 0.717) is 0 Å². The molecule has 0 saturated carbocycles. The first-order valence-corrected chi connectivity index (χ1v) is 6.20. The number of nitrogens with one attached hydrogen (secondary N) is 1. The van der Waals surface area contributed by atoms with Crippen LogP contribution in [-0.4, -0.2) is 37.1 Å². The summed E-state index contributed by atoms with van der Waals surface area (Å²) in [5.41, 5.74) is -0.713. The Hall–Kier alpha value is -1.77. The zero-order valence-corrected chi connectivity index (χ0v) is 11.6. The fourth-order valence-corrected chi connectivity index (χ4v) is 1.58. The summed E-state index contributed by atoms with van der Waals surface area (Å²) >= 11 is 0. The molecule has 3 nitrogen and oxygen atoms in total. The van der Waals surface area contributed by atoms with Gasteiger partial charge in [0.25, 0.3) is 0 Å². The highest BCUT2D eigenvalue weighted by atomic mass is 19.4. The molecule has 0 aliphatic carbocycles. The van der Waals surface area contributed by atoms with Crippen LogP contribution in [-0.2, 0) is 11.0 Å². The van der Waals surface area contributed by atoms with Gasteiger partial charge in [0.15, 0.2) is 0 Å². The maximum Gasteiger partial charge on any atom is 0.416 e. The van der Waals surface area contributed by atoms with Crippen molar-refractivity contribution in [1.29, 1.82) is 0 Å². The number of alkyl halides is 6. The minimum absolute atomic E-state index is 0.141. The highest BCUT2D eigenvalue weighted by Crippen LogP contribution is 2.29. The Bertz CT molecular complexity index is 495. The Morgan fingerprint density at radius 1 is 1.09 bits per heavy atom. The number of carbonyl (C=O) groups is 1. The first-order valence-electron chi connectivity index (χ1n) is 6.20. The zero-order chi connectivity index (χ0) is 17.0. The Balaban J connectivity index is 2.48. The maximum atomic E-state index is 12.3. The van der Waals surface area contributed by atoms with E-state index in [-0.39, 0.29) is 18.8 Å². The van der Waals surface area contributed by atoms with E-state index in [1.165, 1.54) is 11.9 Å². The lowest BCUT2D eigenvalue weighted by molar-refractivity contribution is -0.139. The largest absolute Gasteiger partial charge is 0.416 e. The summed E-state index contributed by atoms with van der Waals surface area (Å²) in [4.78, 5) is 12.7. The molecule has 0 aliphatic rings. The van der Waals surface area contributed by atoms with Crippen LogP contribution in [0.3, 0.4) is 0 Å². The molecule has 1 amide bonds. The number of benzene rings is 1. The van der Waals surface area contributed by atoms with Crippen molar-refractivity contribution in [3.8, 4) is 0 Å². The molecule has 0 fully saturated rings. The lowest BCUT2D eigenvalue weighted by Gasteiger charge is -2.17. The van der Waals surface area contributed by atoms with Gasteiger partial charge >= 0.3 is 12.4 Å². The van der Waals surface area contributed by atoms with Gasteiger partial charge in [-0.05, 0) is 31.3 Å². The van der Waals surface area contributed by atoms with Gasteiger partial charge < -0.3 is 5.32 Å². The lowest BCUT2D eigenvalue weighted by Crippen LogP contribution is -2.32. The third-order valence-corrected chi connectivity index (χ3v) is 2.69. The van der Waals surface area contributed by atoms with Crippen LogP contribution in [0, 0.1) is 0 Å². The van der Waals surface area contributed by atoms with Gasteiger partial charge in [0.2, 0.25) is 5.91 Å². The van der Waals surface area contributed by atoms with E-state index in [9.17, 15) is 31.1 Å². The van der Waals surface area contributed by atoms with Gasteiger partial charge in [-0.25, -0.2) is 0 Å². The van der Waals surface area contributed by atoms with E-state index >= 15 is 0 Å². The van der Waals surface area contributed by atoms with E-state index in [4.69, 9.17) is 0 Å². The van der Waals surface area contributed by atoms with Crippen molar-refractivity contribution >= 4 is 11.6 Å². The summed E-state index contributed by atoms with van der Waals surface area (Å²) in [5.74, 6) is -0.607. The second-order valence-electron chi connectivity index (χ2n) is 4.73. The fourth-order valence-electron chi connectivity index (χ4n) is 1.58. The minimum atomic E-state index is -4.47. The average molecular weight is 328 g/mol. The Kier molecular flexibility index (Phi) is 5.81. The van der Waals surface area contributed by atoms with E-state index in [2.05, 4.69) is 5.32 Å². The smallest absolute Gasteiger partial charge is 0.325 e. The van der Waals surface area contributed by atoms with Crippen LogP contribution in [0.5, 0.6) is 0 Å². The summed E-state index contributed by atoms with van der Waals surface area (Å²) in [6, 6.07) is 3.78. The minimum Gasteiger partial charge on any atom is -0.325 e. The molecule has 0 unspecified atom stereocenters. The van der Waals surface area contributed by atoms with Crippen molar-refractivity contribution < 1.29 is 31.1 Å². The molecule has 124 valence electrons. The molecule has 1 N–H and O–H groups in total. The van der Waals surface area contributed by atoms with Crippen LogP contribution in [0.25, 0.3) is 0 Å². The lowest BCUT2D eigenvalue weighted by atomic mass is 10.2. The Morgan fingerprint density at radius 2 is 1.64 bits per heavy atom. The summed E-state index contributed by atoms with van der Waals surface area (Å²) in [6.07, 6.45) is -9.82. The van der Waals surface area contributed by atoms with Gasteiger partial charge in [-0.15, -0.1) is 0 Å². The molecular weight excluding hydrogens is 314 g/mol. The number of hydrogen-bond donors (Lipinski definition) is 1. The monoisotopic (exact) mass is 328 g/mol. The molecule has 0 aliphatic heterocycles. The van der Waals surface area contributed by atoms with Gasteiger partial charge in [-0.2, -0.15) is 26.3 Å². The van der Waals surface area contributed by atoms with E-state index in [1.807, 2.05) is 0 Å². The highest BCUT2D eigenvalue weighted by Gasteiger charge is 2.30. The van der Waals surface area contributed by atoms with E-state index in [0.717, 1.165) is 24.3 Å². The van der Waals surface area contributed by atoms with E-state index in [1.54, 1.807) is 0 Å². The van der Waals surface area contributed by atoms with Crippen molar-refractivity contribution in [2.24, 2.45) is 0 Å². The van der Waals surface area contributed by atoms with Crippen LogP contribution in [0.4, 0.5) is 32.0 Å². The van der Waals surface area contributed by atoms with Crippen molar-refractivity contribution in [3.05, 3.63) is 29.8 Å². The number of rotatable bonds is 5. The van der Waals surface area contributed by atoms with Gasteiger partial charge in [-0.3, -0.25) is 9.69 Å². The van der Waals surface area contributed by atoms with Gasteiger partial charge in [0.1, 0.15) is 0 Å². The SMILES string of the molecule is CN(CCC(F)(F)F)CC(=O)Nc1ccc(C(F)(F)F)cc1. The van der Waals surface area contributed by atoms with Crippen LogP contribution < -0.4 is 5.32 Å². The van der Waals surface area contributed by atoms with Crippen LogP contribution in [0.1, 0.15) is 12.0 Å². The number of carbonyl (C=O) groups excluding carboxylic acids is 1. The first-order chi connectivity index (χ1) is 9.97. The highest BCUT2D eigenvalue weighted by molar-refractivity contribution is 5.92. The summed E-state index contributed by atoms with van der Waals surface area (Å²) in [5, 5.41) is 2.32. The quantitative estimate of drug-likeness (QED) is 0.839. The predicted molar refractivity (Wildman–Crippen MR) is 68.2 cm³/mol. The topological polar surface area (TPSA) is 32.3 Å². The van der Waals surface area contributed by atoms with Crippen molar-refractivity contribution in [2.45, 2.75) is 18.8 Å². The molecule has 1 rings (SSSR count). The number of likely N-dealkylation sites (N-methyl/N-ethyl adjacent to an activating group) is 1. The number of hydrogen-bond acceptors (Lipinski definition) is 2. The average Bonchev–Trinajstić information content (AvgIpc) is 2.35. The van der Waals surface area contributed by atoms with Crippen LogP contribution >= 0.6 is 0 Å². The van der Waals surface area contributed by atoms with Crippen molar-refractivity contribution in [3.63, 3.8) is 0 Å². The number of nitrogens with zero attached hydrogens (tertiary/aromatic N) is 1. The van der Waals surface area contributed by atoms with Gasteiger partial charge in [0, 0.05) is 12.2 Å². The first kappa shape index (κ1) is 18.3. The Morgan fingerprint density at radius 3 is 2.09 bits per heavy atom. The molecule has 0 aromatic heterocycles. The molecule has 1 aromatic rings. The molecular formula is C13H14F6N2O. The number of amides is 1. The molecule has 0 radical (unpaired) electrons. The van der Waals surface area contributed by atoms with Gasteiger partial charge in [-0.1, -0.05) is 0 Å². The third-order valence-electron chi connectivity index (χ3n) is 2.69. The second kappa shape index (κ2) is 6.99. The summed E-state index contributed by atoms with van der Waals surface area (Å²) in [7, 11) is 1.35. The molecule has 22 heavy (non-hydrogen) atoms. The van der Waals surface area contributed by atoms with Crippen LogP contribution in [0.2, 0.25) is 0 Å². The molecule has 0 spiro atoms. The molecule has 9 heteroatoms. The molecule has 0 heterocycles. The maximum absolute atomic E-state index is 12.3. The van der Waals surface area contributed by atoms with Crippen molar-refractivity contribution in [2.75, 3.05) is 25.5 Å². The molecule has 0 saturated heterocycles. The second-order valence-corrected chi connectivity index (χ2v) is 4.73. The fraction of sp³-hybridized carbons (Fsp3) is 0.462. The third kappa shape index (κ3) is 6.79. The summed E-state index contributed by atoms with van der Waals surface area (Å²) in [6.45, 7) is -0.638. The molecule has 0 atom stereocenters. The number of halogens is 6. The number of anilines is 1. The van der Waals surface area contributed by atoms with Crippen molar-refractivity contribution in [1.82, 2.24) is 4.90 Å². The standard InChI is InChI=1S/C13H14F6N2O/c1-21(7-6-12(14,15)16)8-11(22)20-10-4-2-9(3-5-10)13(17,18)19/h2-5H,6-8H2,1H3,(H,20,22). The molecule has 0 bridgehead atoms. The van der Waals surface area contributed by atoms with Crippen LogP contribution in [0.15, 0.2) is 24.3 Å². The zero-order valence-electron chi connectivity index (χ0n) is 11.6.